The first-order chi connectivity index (χ1) is 15.0. The van der Waals surface area contributed by atoms with Crippen LogP contribution in [0.15, 0.2) is 42.7 Å². The molecule has 2 saturated heterocycles. The topological polar surface area (TPSA) is 49.2 Å². The van der Waals surface area contributed by atoms with Crippen LogP contribution in [0.3, 0.4) is 0 Å². The van der Waals surface area contributed by atoms with Crippen LogP contribution in [-0.2, 0) is 0 Å². The molecular weight excluding hydrogens is 398 g/mol. The zero-order valence-corrected chi connectivity index (χ0v) is 17.6. The molecule has 2 aliphatic heterocycles. The Bertz CT molecular complexity index is 1050. The highest BCUT2D eigenvalue weighted by molar-refractivity contribution is 5.65. The van der Waals surface area contributed by atoms with Crippen LogP contribution in [0.25, 0.3) is 5.69 Å². The highest BCUT2D eigenvalue weighted by Crippen LogP contribution is 2.30. The van der Waals surface area contributed by atoms with Crippen molar-refractivity contribution in [2.45, 2.75) is 32.2 Å². The first-order valence-electron chi connectivity index (χ1n) is 10.8. The number of anilines is 3. The fourth-order valence-electron chi connectivity index (χ4n) is 4.44. The summed E-state index contributed by atoms with van der Waals surface area (Å²) in [5.41, 5.74) is 3.50. The van der Waals surface area contributed by atoms with E-state index in [1.165, 1.54) is 61.2 Å². The number of rotatable bonds is 5. The fraction of sp³-hybridized carbons (Fsp3) is 0.391. The van der Waals surface area contributed by atoms with E-state index in [4.69, 9.17) is 0 Å². The number of nitrogens with zero attached hydrogens (tertiary/aromatic N) is 5. The standard InChI is InChI=1S/C23H26F2N6/c1-16-7-19(12-20(8-16)30-13-22(14-30)29-5-3-2-4-6-29)27-23-26-15-31(28-23)21-10-17(24)9-18(25)11-21/h7-12,15,22H,2-6,13-14H2,1H3,(H,27,28). The van der Waals surface area contributed by atoms with Gasteiger partial charge in [-0.3, -0.25) is 4.90 Å². The van der Waals surface area contributed by atoms with E-state index >= 15 is 0 Å². The van der Waals surface area contributed by atoms with Crippen molar-refractivity contribution in [3.05, 3.63) is 59.9 Å². The summed E-state index contributed by atoms with van der Waals surface area (Å²) in [5.74, 6) is -0.933. The maximum Gasteiger partial charge on any atom is 0.246 e. The maximum absolute atomic E-state index is 13.5. The van der Waals surface area contributed by atoms with Crippen LogP contribution >= 0.6 is 0 Å². The molecule has 6 nitrogen and oxygen atoms in total. The number of nitrogens with one attached hydrogen (secondary N) is 1. The van der Waals surface area contributed by atoms with Crippen LogP contribution in [0.1, 0.15) is 24.8 Å². The van der Waals surface area contributed by atoms with Crippen LogP contribution in [0, 0.1) is 18.6 Å². The molecule has 1 aromatic heterocycles. The van der Waals surface area contributed by atoms with Crippen LogP contribution in [0.4, 0.5) is 26.1 Å². The van der Waals surface area contributed by atoms with Gasteiger partial charge in [-0.25, -0.2) is 13.5 Å². The van der Waals surface area contributed by atoms with Crippen molar-refractivity contribution < 1.29 is 8.78 Å². The van der Waals surface area contributed by atoms with Crippen molar-refractivity contribution in [3.63, 3.8) is 0 Å². The summed E-state index contributed by atoms with van der Waals surface area (Å²) >= 11 is 0. The van der Waals surface area contributed by atoms with Gasteiger partial charge in [0.1, 0.15) is 18.0 Å². The van der Waals surface area contributed by atoms with Gasteiger partial charge in [0.2, 0.25) is 5.95 Å². The van der Waals surface area contributed by atoms with Gasteiger partial charge in [-0.15, -0.1) is 5.10 Å². The van der Waals surface area contributed by atoms with Crippen molar-refractivity contribution in [3.8, 4) is 5.69 Å². The largest absolute Gasteiger partial charge is 0.368 e. The van der Waals surface area contributed by atoms with E-state index in [2.05, 4.69) is 44.3 Å². The molecule has 0 unspecified atom stereocenters. The third kappa shape index (κ3) is 4.39. The zero-order valence-electron chi connectivity index (χ0n) is 17.6. The van der Waals surface area contributed by atoms with Gasteiger partial charge >= 0.3 is 0 Å². The predicted octanol–water partition coefficient (Wildman–Crippen LogP) is 4.27. The van der Waals surface area contributed by atoms with Gasteiger partial charge in [0.05, 0.1) is 5.69 Å². The third-order valence-corrected chi connectivity index (χ3v) is 6.06. The van der Waals surface area contributed by atoms with Gasteiger partial charge in [0.25, 0.3) is 0 Å². The molecule has 3 heterocycles. The minimum absolute atomic E-state index is 0.285. The number of hydrogen-bond donors (Lipinski definition) is 1. The Morgan fingerprint density at radius 1 is 0.903 bits per heavy atom. The number of benzene rings is 2. The third-order valence-electron chi connectivity index (χ3n) is 6.06. The average molecular weight is 424 g/mol. The quantitative estimate of drug-likeness (QED) is 0.663. The molecule has 0 aliphatic carbocycles. The first-order valence-corrected chi connectivity index (χ1v) is 10.8. The Kier molecular flexibility index (Phi) is 5.31. The normalized spacial score (nSPS) is 17.6. The first kappa shape index (κ1) is 19.9. The minimum atomic E-state index is -0.652. The Labute approximate surface area is 180 Å². The molecule has 0 saturated carbocycles. The second-order valence-electron chi connectivity index (χ2n) is 8.48. The van der Waals surface area contributed by atoms with Crippen LogP contribution < -0.4 is 10.2 Å². The molecule has 0 amide bonds. The summed E-state index contributed by atoms with van der Waals surface area (Å²) < 4.78 is 28.3. The van der Waals surface area contributed by atoms with E-state index in [9.17, 15) is 8.78 Å². The van der Waals surface area contributed by atoms with E-state index in [-0.39, 0.29) is 5.69 Å². The lowest BCUT2D eigenvalue weighted by Crippen LogP contribution is -2.60. The number of aromatic nitrogens is 3. The van der Waals surface area contributed by atoms with Gasteiger partial charge in [-0.1, -0.05) is 6.42 Å². The lowest BCUT2D eigenvalue weighted by molar-refractivity contribution is 0.139. The molecule has 8 heteroatoms. The van der Waals surface area contributed by atoms with Gasteiger partial charge in [0.15, 0.2) is 0 Å². The minimum Gasteiger partial charge on any atom is -0.368 e. The van der Waals surface area contributed by atoms with Gasteiger partial charge in [0, 0.05) is 36.6 Å². The van der Waals surface area contributed by atoms with Gasteiger partial charge in [-0.2, -0.15) is 4.98 Å². The Morgan fingerprint density at radius 3 is 2.39 bits per heavy atom. The lowest BCUT2D eigenvalue weighted by atomic mass is 10.0. The van der Waals surface area contributed by atoms with Crippen molar-refractivity contribution in [2.75, 3.05) is 36.4 Å². The van der Waals surface area contributed by atoms with E-state index in [1.807, 2.05) is 6.07 Å². The van der Waals surface area contributed by atoms with E-state index in [0.717, 1.165) is 30.4 Å². The summed E-state index contributed by atoms with van der Waals surface area (Å²) in [4.78, 5) is 9.26. The molecule has 0 radical (unpaired) electrons. The van der Waals surface area contributed by atoms with E-state index in [0.29, 0.717) is 12.0 Å². The molecule has 31 heavy (non-hydrogen) atoms. The van der Waals surface area contributed by atoms with Crippen LogP contribution in [0.5, 0.6) is 0 Å². The SMILES string of the molecule is Cc1cc(Nc2ncn(-c3cc(F)cc(F)c3)n2)cc(N2CC(N3CCCCC3)C2)c1. The second-order valence-corrected chi connectivity index (χ2v) is 8.48. The number of hydrogen-bond acceptors (Lipinski definition) is 5. The predicted molar refractivity (Wildman–Crippen MR) is 117 cm³/mol. The Hall–Kier alpha value is -3.00. The van der Waals surface area contributed by atoms with Crippen molar-refractivity contribution in [1.29, 1.82) is 0 Å². The summed E-state index contributed by atoms with van der Waals surface area (Å²) in [6, 6.07) is 10.2. The molecular formula is C23H26F2N6. The fourth-order valence-corrected chi connectivity index (χ4v) is 4.44. The van der Waals surface area contributed by atoms with Gasteiger partial charge in [-0.05, 0) is 68.8 Å². The number of aryl methyl sites for hydroxylation is 1. The van der Waals surface area contributed by atoms with E-state index in [1.54, 1.807) is 0 Å². The summed E-state index contributed by atoms with van der Waals surface area (Å²) in [6.45, 7) is 6.63. The average Bonchev–Trinajstić information content (AvgIpc) is 3.15. The molecule has 0 atom stereocenters. The highest BCUT2D eigenvalue weighted by Gasteiger charge is 2.32. The molecule has 0 spiro atoms. The maximum atomic E-state index is 13.5. The molecule has 1 N–H and O–H groups in total. The highest BCUT2D eigenvalue weighted by atomic mass is 19.1. The lowest BCUT2D eigenvalue weighted by Gasteiger charge is -2.48. The van der Waals surface area contributed by atoms with Gasteiger partial charge < -0.3 is 10.2 Å². The summed E-state index contributed by atoms with van der Waals surface area (Å²) in [7, 11) is 0. The smallest absolute Gasteiger partial charge is 0.246 e. The van der Waals surface area contributed by atoms with Crippen LogP contribution in [0.2, 0.25) is 0 Å². The number of likely N-dealkylation sites (tertiary alicyclic amines) is 1. The molecule has 2 aliphatic rings. The van der Waals surface area contributed by atoms with Crippen molar-refractivity contribution >= 4 is 17.3 Å². The van der Waals surface area contributed by atoms with Crippen molar-refractivity contribution in [1.82, 2.24) is 19.7 Å². The summed E-state index contributed by atoms with van der Waals surface area (Å²) in [6.07, 6.45) is 5.43. The molecule has 3 aromatic rings. The summed E-state index contributed by atoms with van der Waals surface area (Å²) in [5, 5.41) is 7.52. The Morgan fingerprint density at radius 2 is 1.65 bits per heavy atom. The number of piperidine rings is 1. The molecule has 2 aromatic carbocycles. The molecule has 0 bridgehead atoms. The Balaban J connectivity index is 1.27. The van der Waals surface area contributed by atoms with Crippen LogP contribution in [-0.4, -0.2) is 51.9 Å². The van der Waals surface area contributed by atoms with Crippen molar-refractivity contribution in [2.24, 2.45) is 0 Å². The van der Waals surface area contributed by atoms with E-state index < -0.39 is 11.6 Å². The molecule has 162 valence electrons. The molecule has 2 fully saturated rings. The zero-order chi connectivity index (χ0) is 21.4. The number of halogens is 2. The monoisotopic (exact) mass is 424 g/mol. The molecule has 5 rings (SSSR count). The second kappa shape index (κ2) is 8.26.